The summed E-state index contributed by atoms with van der Waals surface area (Å²) in [7, 11) is 1.75. The van der Waals surface area contributed by atoms with Crippen LogP contribution in [0.4, 0.5) is 5.82 Å². The van der Waals surface area contributed by atoms with E-state index in [1.807, 2.05) is 12.1 Å². The van der Waals surface area contributed by atoms with Gasteiger partial charge in [0.2, 0.25) is 0 Å². The monoisotopic (exact) mass is 301 g/mol. The molecule has 0 spiro atoms. The molecular weight excluding hydrogens is 290 g/mol. The topological polar surface area (TPSA) is 64.7 Å². The largest absolute Gasteiger partial charge is 0.305 e. The van der Waals surface area contributed by atoms with Gasteiger partial charge in [-0.3, -0.25) is 9.48 Å². The van der Waals surface area contributed by atoms with Gasteiger partial charge in [-0.2, -0.15) is 10.2 Å². The number of halogens is 1. The van der Waals surface area contributed by atoms with Crippen LogP contribution >= 0.6 is 11.6 Å². The second kappa shape index (κ2) is 5.41. The van der Waals surface area contributed by atoms with Crippen molar-refractivity contribution in [3.05, 3.63) is 59.5 Å². The Morgan fingerprint density at radius 3 is 2.86 bits per heavy atom. The zero-order chi connectivity index (χ0) is 14.8. The normalized spacial score (nSPS) is 10.6. The lowest BCUT2D eigenvalue weighted by Gasteiger charge is -2.03. The van der Waals surface area contributed by atoms with Crippen molar-refractivity contribution >= 4 is 23.3 Å². The molecule has 1 amide bonds. The minimum absolute atomic E-state index is 0.292. The van der Waals surface area contributed by atoms with Crippen molar-refractivity contribution in [3.63, 3.8) is 0 Å². The molecule has 0 saturated heterocycles. The number of anilines is 1. The lowest BCUT2D eigenvalue weighted by molar-refractivity contribution is 0.102. The van der Waals surface area contributed by atoms with Crippen LogP contribution in [0.15, 0.2) is 48.8 Å². The summed E-state index contributed by atoms with van der Waals surface area (Å²) in [5, 5.41) is 11.6. The Morgan fingerprint density at radius 2 is 2.14 bits per heavy atom. The summed E-state index contributed by atoms with van der Waals surface area (Å²) in [5.41, 5.74) is 1.11. The van der Waals surface area contributed by atoms with Crippen LogP contribution in [0.3, 0.4) is 0 Å². The average molecular weight is 302 g/mol. The highest BCUT2D eigenvalue weighted by molar-refractivity contribution is 6.30. The minimum atomic E-state index is -0.292. The molecular formula is C14H12ClN5O. The molecule has 0 radical (unpaired) electrons. The Hall–Kier alpha value is -2.60. The summed E-state index contributed by atoms with van der Waals surface area (Å²) in [6.07, 6.45) is 3.32. The third-order valence-electron chi connectivity index (χ3n) is 2.96. The summed E-state index contributed by atoms with van der Waals surface area (Å²) in [6.45, 7) is 0. The standard InChI is InChI=1S/C14H12ClN5O/c1-19-13(5-7-16-19)17-14(21)12-6-8-20(18-12)11-4-2-3-10(15)9-11/h2-9H,1H3,(H,17,21). The van der Waals surface area contributed by atoms with Gasteiger partial charge in [0, 0.05) is 24.3 Å². The molecule has 0 atom stereocenters. The van der Waals surface area contributed by atoms with Crippen LogP contribution in [0.2, 0.25) is 5.02 Å². The van der Waals surface area contributed by atoms with E-state index >= 15 is 0 Å². The highest BCUT2D eigenvalue weighted by Crippen LogP contribution is 2.15. The lowest BCUT2D eigenvalue weighted by atomic mass is 10.3. The van der Waals surface area contributed by atoms with Gasteiger partial charge in [-0.05, 0) is 24.3 Å². The zero-order valence-electron chi connectivity index (χ0n) is 11.2. The molecule has 2 heterocycles. The number of hydrogen-bond donors (Lipinski definition) is 1. The Kier molecular flexibility index (Phi) is 3.45. The van der Waals surface area contributed by atoms with Crippen molar-refractivity contribution in [1.82, 2.24) is 19.6 Å². The molecule has 0 unspecified atom stereocenters. The van der Waals surface area contributed by atoms with Gasteiger partial charge in [0.1, 0.15) is 5.82 Å². The third-order valence-corrected chi connectivity index (χ3v) is 3.19. The number of hydrogen-bond acceptors (Lipinski definition) is 3. The van der Waals surface area contributed by atoms with E-state index in [2.05, 4.69) is 15.5 Å². The highest BCUT2D eigenvalue weighted by Gasteiger charge is 2.12. The van der Waals surface area contributed by atoms with Gasteiger partial charge >= 0.3 is 0 Å². The number of nitrogens with one attached hydrogen (secondary N) is 1. The zero-order valence-corrected chi connectivity index (χ0v) is 11.9. The maximum Gasteiger partial charge on any atom is 0.277 e. The molecule has 0 aliphatic rings. The molecule has 7 heteroatoms. The smallest absolute Gasteiger partial charge is 0.277 e. The quantitative estimate of drug-likeness (QED) is 0.808. The first kappa shape index (κ1) is 13.4. The summed E-state index contributed by atoms with van der Waals surface area (Å²) in [5.74, 6) is 0.316. The predicted molar refractivity (Wildman–Crippen MR) is 79.7 cm³/mol. The molecule has 2 aromatic heterocycles. The van der Waals surface area contributed by atoms with E-state index in [1.165, 1.54) is 0 Å². The van der Waals surface area contributed by atoms with Crippen molar-refractivity contribution in [1.29, 1.82) is 0 Å². The van der Waals surface area contributed by atoms with E-state index in [0.29, 0.717) is 16.5 Å². The molecule has 1 N–H and O–H groups in total. The van der Waals surface area contributed by atoms with Crippen molar-refractivity contribution in [2.75, 3.05) is 5.32 Å². The van der Waals surface area contributed by atoms with E-state index in [9.17, 15) is 4.79 Å². The molecule has 0 saturated carbocycles. The number of rotatable bonds is 3. The molecule has 0 aliphatic heterocycles. The van der Waals surface area contributed by atoms with Crippen LogP contribution in [-0.2, 0) is 7.05 Å². The summed E-state index contributed by atoms with van der Waals surface area (Å²) < 4.78 is 3.18. The Balaban J connectivity index is 1.82. The molecule has 0 fully saturated rings. The van der Waals surface area contributed by atoms with Crippen molar-refractivity contribution < 1.29 is 4.79 Å². The first-order valence-electron chi connectivity index (χ1n) is 6.24. The fourth-order valence-electron chi connectivity index (χ4n) is 1.88. The van der Waals surface area contributed by atoms with E-state index in [1.54, 1.807) is 53.1 Å². The minimum Gasteiger partial charge on any atom is -0.305 e. The Bertz CT molecular complexity index is 792. The van der Waals surface area contributed by atoms with Crippen molar-refractivity contribution in [3.8, 4) is 5.69 Å². The summed E-state index contributed by atoms with van der Waals surface area (Å²) in [6, 6.07) is 10.6. The number of nitrogens with zero attached hydrogens (tertiary/aromatic N) is 4. The average Bonchev–Trinajstić information content (AvgIpc) is 3.09. The molecule has 0 bridgehead atoms. The van der Waals surface area contributed by atoms with Gasteiger partial charge in [-0.25, -0.2) is 4.68 Å². The van der Waals surface area contributed by atoms with Gasteiger partial charge in [-0.1, -0.05) is 17.7 Å². The second-order valence-corrected chi connectivity index (χ2v) is 4.86. The highest BCUT2D eigenvalue weighted by atomic mass is 35.5. The Morgan fingerprint density at radius 1 is 1.29 bits per heavy atom. The predicted octanol–water partition coefficient (Wildman–Crippen LogP) is 2.51. The second-order valence-electron chi connectivity index (χ2n) is 4.42. The number of aromatic nitrogens is 4. The van der Waals surface area contributed by atoms with Crippen LogP contribution in [0.1, 0.15) is 10.5 Å². The number of amides is 1. The molecule has 21 heavy (non-hydrogen) atoms. The first-order chi connectivity index (χ1) is 10.1. The number of aryl methyl sites for hydroxylation is 1. The van der Waals surface area contributed by atoms with Gasteiger partial charge < -0.3 is 5.32 Å². The van der Waals surface area contributed by atoms with Crippen LogP contribution in [0, 0.1) is 0 Å². The Labute approximate surface area is 126 Å². The van der Waals surface area contributed by atoms with Gasteiger partial charge in [0.15, 0.2) is 5.69 Å². The van der Waals surface area contributed by atoms with E-state index < -0.39 is 0 Å². The number of carbonyl (C=O) groups is 1. The van der Waals surface area contributed by atoms with Gasteiger partial charge in [0.25, 0.3) is 5.91 Å². The van der Waals surface area contributed by atoms with E-state index in [0.717, 1.165) is 5.69 Å². The van der Waals surface area contributed by atoms with Crippen molar-refractivity contribution in [2.24, 2.45) is 7.05 Å². The molecule has 1 aromatic carbocycles. The van der Waals surface area contributed by atoms with Crippen LogP contribution in [-0.4, -0.2) is 25.5 Å². The third kappa shape index (κ3) is 2.80. The van der Waals surface area contributed by atoms with Crippen LogP contribution < -0.4 is 5.32 Å². The molecule has 0 aliphatic carbocycles. The fourth-order valence-corrected chi connectivity index (χ4v) is 2.07. The maximum absolute atomic E-state index is 12.1. The summed E-state index contributed by atoms with van der Waals surface area (Å²) in [4.78, 5) is 12.1. The number of benzene rings is 1. The lowest BCUT2D eigenvalue weighted by Crippen LogP contribution is -2.15. The number of carbonyl (C=O) groups excluding carboxylic acids is 1. The molecule has 3 aromatic rings. The van der Waals surface area contributed by atoms with Crippen LogP contribution in [0.5, 0.6) is 0 Å². The summed E-state index contributed by atoms with van der Waals surface area (Å²) >= 11 is 5.95. The van der Waals surface area contributed by atoms with Crippen LogP contribution in [0.25, 0.3) is 5.69 Å². The maximum atomic E-state index is 12.1. The van der Waals surface area contributed by atoms with E-state index in [-0.39, 0.29) is 5.91 Å². The molecule has 6 nitrogen and oxygen atoms in total. The SMILES string of the molecule is Cn1nccc1NC(=O)c1ccn(-c2cccc(Cl)c2)n1. The molecule has 106 valence electrons. The molecule has 3 rings (SSSR count). The van der Waals surface area contributed by atoms with Crippen molar-refractivity contribution in [2.45, 2.75) is 0 Å². The van der Waals surface area contributed by atoms with Gasteiger partial charge in [-0.15, -0.1) is 0 Å². The first-order valence-corrected chi connectivity index (χ1v) is 6.62. The van der Waals surface area contributed by atoms with E-state index in [4.69, 9.17) is 11.6 Å². The fraction of sp³-hybridized carbons (Fsp3) is 0.0714. The van der Waals surface area contributed by atoms with Gasteiger partial charge in [0.05, 0.1) is 11.9 Å².